The molecule has 0 radical (unpaired) electrons. The Kier molecular flexibility index (Phi) is 21.9. The van der Waals surface area contributed by atoms with Crippen molar-refractivity contribution < 1.29 is 38.6 Å². The second-order valence-corrected chi connectivity index (χ2v) is 18.0. The number of alkyl carbamates (subject to hydrolysis) is 1. The molecule has 0 spiro atoms. The van der Waals surface area contributed by atoms with Crippen LogP contribution < -0.4 is 37.2 Å². The number of benzene rings is 1. The summed E-state index contributed by atoms with van der Waals surface area (Å²) < 4.78 is 11.6. The number of amides is 3. The number of allylic oxidation sites excluding steroid dienone is 6. The third-order valence-electron chi connectivity index (χ3n) is 12.9. The number of ether oxygens (including phenoxy) is 2. The average Bonchev–Trinajstić information content (AvgIpc) is 3.57. The van der Waals surface area contributed by atoms with Crippen LogP contribution in [0.4, 0.5) is 16.2 Å². The van der Waals surface area contributed by atoms with E-state index in [0.717, 1.165) is 80.3 Å². The maximum atomic E-state index is 13.0. The van der Waals surface area contributed by atoms with Crippen LogP contribution in [0.2, 0.25) is 0 Å². The van der Waals surface area contributed by atoms with E-state index in [2.05, 4.69) is 61.4 Å². The zero-order valence-corrected chi connectivity index (χ0v) is 41.2. The van der Waals surface area contributed by atoms with Crippen LogP contribution in [0, 0.1) is 5.41 Å². The number of anilines is 2. The number of nitrogens with two attached hydrogens (primary N) is 2. The normalized spacial score (nSPS) is 19.4. The fourth-order valence-electron chi connectivity index (χ4n) is 8.73. The van der Waals surface area contributed by atoms with Crippen LogP contribution in [0.5, 0.6) is 5.88 Å². The molecule has 3 amide bonds. The summed E-state index contributed by atoms with van der Waals surface area (Å²) >= 11 is 0. The number of nitrogens with zero attached hydrogens (tertiary/aromatic N) is 4. The van der Waals surface area contributed by atoms with Gasteiger partial charge in [0.15, 0.2) is 5.76 Å². The molecular formula is C52H75N9O8. The molecule has 2 aromatic rings. The molecule has 2 saturated carbocycles. The number of carboxylic acids is 1. The number of fused-ring (bicyclic) bond motifs is 2. The monoisotopic (exact) mass is 954 g/mol. The highest BCUT2D eigenvalue weighted by atomic mass is 16.6. The Bertz CT molecular complexity index is 2150. The molecule has 3 atom stereocenters. The third kappa shape index (κ3) is 15.5. The van der Waals surface area contributed by atoms with Crippen LogP contribution in [-0.2, 0) is 30.6 Å². The topological polar surface area (TPSA) is 227 Å². The number of piperazine rings is 1. The maximum absolute atomic E-state index is 13.0. The van der Waals surface area contributed by atoms with Gasteiger partial charge in [-0.25, -0.2) is 9.78 Å². The maximum Gasteiger partial charge on any atom is 0.413 e. The van der Waals surface area contributed by atoms with Crippen LogP contribution in [0.25, 0.3) is 0 Å². The minimum atomic E-state index is -1.14. The zero-order valence-electron chi connectivity index (χ0n) is 41.2. The Morgan fingerprint density at radius 2 is 1.72 bits per heavy atom. The molecule has 2 unspecified atom stereocenters. The summed E-state index contributed by atoms with van der Waals surface area (Å²) in [5.41, 5.74) is 10.2. The van der Waals surface area contributed by atoms with Gasteiger partial charge in [0, 0.05) is 60.4 Å². The highest BCUT2D eigenvalue weighted by Crippen LogP contribution is 2.42. The molecule has 2 bridgehead atoms. The fraction of sp³-hybridized carbons (Fsp3) is 0.481. The number of rotatable bonds is 22. The number of nitrogens with one attached hydrogen (secondary N) is 3. The molecule has 6 rings (SSSR count). The van der Waals surface area contributed by atoms with Crippen LogP contribution in [0.1, 0.15) is 97.0 Å². The minimum absolute atomic E-state index is 0.0244. The fourth-order valence-corrected chi connectivity index (χ4v) is 8.73. The Morgan fingerprint density at radius 3 is 2.26 bits per heavy atom. The number of hydrogen-bond acceptors (Lipinski definition) is 13. The number of unbranched alkanes of at least 4 members (excludes halogenated alkanes) is 1. The van der Waals surface area contributed by atoms with Crippen LogP contribution in [0.3, 0.4) is 0 Å². The van der Waals surface area contributed by atoms with Gasteiger partial charge in [-0.05, 0) is 141 Å². The van der Waals surface area contributed by atoms with Gasteiger partial charge in [-0.15, -0.1) is 13.2 Å². The summed E-state index contributed by atoms with van der Waals surface area (Å²) in [5, 5.41) is 17.4. The van der Waals surface area contributed by atoms with Crippen molar-refractivity contribution in [1.29, 1.82) is 0 Å². The van der Waals surface area contributed by atoms with Crippen molar-refractivity contribution in [3.8, 4) is 5.88 Å². The van der Waals surface area contributed by atoms with E-state index in [1.54, 1.807) is 30.3 Å². The van der Waals surface area contributed by atoms with E-state index < -0.39 is 17.5 Å². The molecule has 4 fully saturated rings. The van der Waals surface area contributed by atoms with Crippen LogP contribution >= 0.6 is 0 Å². The molecule has 4 aliphatic rings. The molecule has 2 aliphatic heterocycles. The van der Waals surface area contributed by atoms with Crippen molar-refractivity contribution in [3.05, 3.63) is 121 Å². The standard InChI is InChI=1S/C36H45N7O5.C14H26N2O3.C2H4/c1-4-7-31(33(5-2)48-38)24(3)18-32(35(37)41-36(45)46-22-25-10-12-26(13-11-25)40-23-44)42-20-28-14-15-29(21-42)43(28)27-16-17-39-34(19-27)47-30-8-6-9-30;1-11(7-4-5-10-16(2)3)15-12(17)14(13(18)19)8-6-9-14;1-2/h4-5,7,10-13,16-19,23,28-30H,2,6,8-9,14-15,20-22,37-38H2,1,3H3,(H,40,44)(H,41,45);11H,4-10H2,1-3H3,(H,15,17)(H,18,19);1-2H2/b7-4-,24-18+,33-31-,35-32-;;/t;11-;/m.1./s1. The Hall–Kier alpha value is -6.59. The third-order valence-corrected chi connectivity index (χ3v) is 12.9. The number of carboxylic acid groups (broad SMARTS) is 1. The first-order valence-corrected chi connectivity index (χ1v) is 23.8. The molecule has 17 heteroatoms. The summed E-state index contributed by atoms with van der Waals surface area (Å²) in [6, 6.07) is 11.6. The molecule has 2 aliphatic carbocycles. The molecule has 3 heterocycles. The number of pyridine rings is 1. The highest BCUT2D eigenvalue weighted by molar-refractivity contribution is 6.02. The first-order chi connectivity index (χ1) is 33.2. The smallest absolute Gasteiger partial charge is 0.413 e. The molecule has 2 saturated heterocycles. The Balaban J connectivity index is 0.000000413. The van der Waals surface area contributed by atoms with Crippen molar-refractivity contribution in [2.75, 3.05) is 43.9 Å². The molecule has 376 valence electrons. The van der Waals surface area contributed by atoms with Gasteiger partial charge in [0.2, 0.25) is 18.2 Å². The molecule has 1 aromatic carbocycles. The van der Waals surface area contributed by atoms with Gasteiger partial charge >= 0.3 is 12.1 Å². The zero-order chi connectivity index (χ0) is 50.5. The van der Waals surface area contributed by atoms with Gasteiger partial charge in [0.1, 0.15) is 23.9 Å². The molecule has 8 N–H and O–H groups in total. The molecule has 69 heavy (non-hydrogen) atoms. The van der Waals surface area contributed by atoms with Gasteiger partial charge in [-0.2, -0.15) is 5.90 Å². The van der Waals surface area contributed by atoms with E-state index in [-0.39, 0.29) is 42.6 Å². The van der Waals surface area contributed by atoms with E-state index in [0.29, 0.717) is 55.4 Å². The summed E-state index contributed by atoms with van der Waals surface area (Å²) in [6.45, 7) is 18.0. The number of carbonyl (C=O) groups is 4. The van der Waals surface area contributed by atoms with Crippen LogP contribution in [-0.4, -0.2) is 102 Å². The lowest BCUT2D eigenvalue weighted by Gasteiger charge is -2.44. The first kappa shape index (κ1) is 55.0. The lowest BCUT2D eigenvalue weighted by Crippen LogP contribution is -2.54. The predicted octanol–water partition coefficient (Wildman–Crippen LogP) is 7.42. The summed E-state index contributed by atoms with van der Waals surface area (Å²) in [5.74, 6) is 5.53. The van der Waals surface area contributed by atoms with Gasteiger partial charge in [0.05, 0.1) is 5.70 Å². The van der Waals surface area contributed by atoms with E-state index >= 15 is 0 Å². The quantitative estimate of drug-likeness (QED) is 0.0128. The van der Waals surface area contributed by atoms with E-state index in [1.807, 2.05) is 65.4 Å². The van der Waals surface area contributed by atoms with Crippen molar-refractivity contribution in [2.24, 2.45) is 17.0 Å². The van der Waals surface area contributed by atoms with Crippen LogP contribution in [0.15, 0.2) is 115 Å². The van der Waals surface area contributed by atoms with Crippen molar-refractivity contribution in [1.82, 2.24) is 25.4 Å². The van der Waals surface area contributed by atoms with Crippen molar-refractivity contribution in [3.63, 3.8) is 0 Å². The Labute approximate surface area is 408 Å². The second-order valence-electron chi connectivity index (χ2n) is 18.0. The average molecular weight is 954 g/mol. The highest BCUT2D eigenvalue weighted by Gasteiger charge is 2.51. The lowest BCUT2D eigenvalue weighted by atomic mass is 9.68. The van der Waals surface area contributed by atoms with E-state index in [1.165, 1.54) is 6.42 Å². The van der Waals surface area contributed by atoms with Crippen molar-refractivity contribution in [2.45, 2.75) is 122 Å². The van der Waals surface area contributed by atoms with E-state index in [9.17, 15) is 24.3 Å². The van der Waals surface area contributed by atoms with Gasteiger partial charge in [-0.3, -0.25) is 19.7 Å². The molecular weight excluding hydrogens is 879 g/mol. The van der Waals surface area contributed by atoms with Gasteiger partial charge < -0.3 is 50.5 Å². The number of aliphatic carboxylic acids is 1. The van der Waals surface area contributed by atoms with Gasteiger partial charge in [0.25, 0.3) is 0 Å². The van der Waals surface area contributed by atoms with E-state index in [4.69, 9.17) is 25.9 Å². The first-order valence-electron chi connectivity index (χ1n) is 23.8. The number of aromatic nitrogens is 1. The summed E-state index contributed by atoms with van der Waals surface area (Å²) in [4.78, 5) is 63.3. The second kappa shape index (κ2) is 27.4. The van der Waals surface area contributed by atoms with Gasteiger partial charge in [-0.1, -0.05) is 43.7 Å². The number of likely N-dealkylation sites (tertiary alicyclic amines) is 1. The number of carbonyl (C=O) groups excluding carboxylic acids is 3. The Morgan fingerprint density at radius 1 is 1.04 bits per heavy atom. The lowest BCUT2D eigenvalue weighted by molar-refractivity contribution is -0.162. The predicted molar refractivity (Wildman–Crippen MR) is 270 cm³/mol. The molecule has 1 aromatic heterocycles. The molecule has 17 nitrogen and oxygen atoms in total. The minimum Gasteiger partial charge on any atom is -0.480 e. The SMILES string of the molecule is C=C.C=C/C(ON)=C(\C=C/C)C(/C)=C/C(=C(\N)NC(=O)OCc1ccc(NC=O)cc1)N1CC2CCC(C1)N2c1ccnc(OC2CCC2)c1.C[C@H](CCCCN(C)C)NC(=O)C1(C(=O)O)CCC1. The van der Waals surface area contributed by atoms with Crippen molar-refractivity contribution >= 4 is 35.8 Å². The summed E-state index contributed by atoms with van der Waals surface area (Å²) in [6.07, 6.45) is 19.4. The summed E-state index contributed by atoms with van der Waals surface area (Å²) in [7, 11) is 4.08. The largest absolute Gasteiger partial charge is 0.480 e. The number of hydrogen-bond donors (Lipinski definition) is 6.